The van der Waals surface area contributed by atoms with E-state index in [0.29, 0.717) is 11.6 Å². The Morgan fingerprint density at radius 1 is 1.07 bits per heavy atom. The summed E-state index contributed by atoms with van der Waals surface area (Å²) >= 11 is 0. The number of imide groups is 1. The molecule has 0 aliphatic carbocycles. The van der Waals surface area contributed by atoms with Gasteiger partial charge in [-0.1, -0.05) is 18.2 Å². The van der Waals surface area contributed by atoms with E-state index >= 15 is 0 Å². The molecule has 0 spiro atoms. The Morgan fingerprint density at radius 2 is 1.71 bits per heavy atom. The van der Waals surface area contributed by atoms with Gasteiger partial charge in [-0.15, -0.1) is 13.2 Å². The van der Waals surface area contributed by atoms with E-state index in [4.69, 9.17) is 0 Å². The van der Waals surface area contributed by atoms with Crippen LogP contribution < -0.4 is 10.1 Å². The van der Waals surface area contributed by atoms with Crippen LogP contribution in [0.4, 0.5) is 26.7 Å². The van der Waals surface area contributed by atoms with Crippen LogP contribution in [0, 0.1) is 11.6 Å². The van der Waals surface area contributed by atoms with Crippen molar-refractivity contribution in [2.24, 2.45) is 0 Å². The van der Waals surface area contributed by atoms with Crippen molar-refractivity contribution in [3.05, 3.63) is 65.2 Å². The van der Waals surface area contributed by atoms with Crippen LogP contribution in [-0.4, -0.2) is 23.2 Å². The molecule has 0 aromatic heterocycles. The van der Waals surface area contributed by atoms with Crippen molar-refractivity contribution in [1.29, 1.82) is 0 Å². The molecule has 1 unspecified atom stereocenters. The molecule has 1 aliphatic heterocycles. The monoisotopic (exact) mass is 400 g/mol. The molecule has 2 aromatic carbocycles. The molecule has 5 nitrogen and oxygen atoms in total. The van der Waals surface area contributed by atoms with Gasteiger partial charge in [0.05, 0.1) is 6.54 Å². The van der Waals surface area contributed by atoms with Crippen LogP contribution in [0.15, 0.2) is 42.5 Å². The third kappa shape index (κ3) is 3.75. The summed E-state index contributed by atoms with van der Waals surface area (Å²) < 4.78 is 67.6. The average molecular weight is 400 g/mol. The number of nitrogens with zero attached hydrogens (tertiary/aromatic N) is 1. The smallest absolute Gasteiger partial charge is 0.406 e. The van der Waals surface area contributed by atoms with E-state index in [1.54, 1.807) is 0 Å². The summed E-state index contributed by atoms with van der Waals surface area (Å²) in [6.07, 6.45) is -4.84. The van der Waals surface area contributed by atoms with E-state index in [9.17, 15) is 31.5 Å². The van der Waals surface area contributed by atoms with E-state index in [0.717, 1.165) is 29.2 Å². The zero-order chi connectivity index (χ0) is 20.7. The van der Waals surface area contributed by atoms with Crippen LogP contribution >= 0.6 is 0 Å². The van der Waals surface area contributed by atoms with Crippen molar-refractivity contribution in [2.75, 3.05) is 0 Å². The normalized spacial score (nSPS) is 19.7. The lowest BCUT2D eigenvalue weighted by atomic mass is 9.91. The first-order valence-corrected chi connectivity index (χ1v) is 7.94. The Balaban J connectivity index is 1.80. The van der Waals surface area contributed by atoms with Gasteiger partial charge in [0.15, 0.2) is 0 Å². The highest BCUT2D eigenvalue weighted by molar-refractivity contribution is 6.07. The number of carbonyl (C=O) groups excluding carboxylic acids is 2. The summed E-state index contributed by atoms with van der Waals surface area (Å²) in [5.41, 5.74) is -1.60. The van der Waals surface area contributed by atoms with Crippen LogP contribution in [0.1, 0.15) is 18.1 Å². The Kier molecular flexibility index (Phi) is 4.74. The molecule has 2 aromatic rings. The first-order chi connectivity index (χ1) is 13.0. The number of hydrogen-bond donors (Lipinski definition) is 1. The number of nitrogens with one attached hydrogen (secondary N) is 1. The van der Waals surface area contributed by atoms with Gasteiger partial charge >= 0.3 is 12.4 Å². The van der Waals surface area contributed by atoms with Gasteiger partial charge in [0.25, 0.3) is 5.91 Å². The van der Waals surface area contributed by atoms with E-state index in [-0.39, 0.29) is 12.1 Å². The van der Waals surface area contributed by atoms with Crippen LogP contribution in [0.2, 0.25) is 0 Å². The number of carbonyl (C=O) groups is 2. The summed E-state index contributed by atoms with van der Waals surface area (Å²) in [6.45, 7) is 1.03. The lowest BCUT2D eigenvalue weighted by molar-refractivity contribution is -0.274. The Labute approximate surface area is 155 Å². The second kappa shape index (κ2) is 6.77. The van der Waals surface area contributed by atoms with Crippen LogP contribution in [0.3, 0.4) is 0 Å². The third-order valence-corrected chi connectivity index (χ3v) is 4.24. The molecule has 3 rings (SSSR count). The molecule has 10 heteroatoms. The topological polar surface area (TPSA) is 58.6 Å². The number of amides is 3. The minimum absolute atomic E-state index is 0.205. The fraction of sp³-hybridized carbons (Fsp3) is 0.222. The summed E-state index contributed by atoms with van der Waals surface area (Å²) in [4.78, 5) is 25.8. The number of benzene rings is 2. The van der Waals surface area contributed by atoms with E-state index in [1.165, 1.54) is 19.1 Å². The molecular formula is C18H13F5N2O3. The highest BCUT2D eigenvalue weighted by Gasteiger charge is 2.50. The molecule has 0 saturated carbocycles. The van der Waals surface area contributed by atoms with Gasteiger partial charge < -0.3 is 10.1 Å². The highest BCUT2D eigenvalue weighted by atomic mass is 19.4. The van der Waals surface area contributed by atoms with Gasteiger partial charge in [0.2, 0.25) is 0 Å². The van der Waals surface area contributed by atoms with Crippen molar-refractivity contribution in [3.8, 4) is 5.75 Å². The van der Waals surface area contributed by atoms with Crippen molar-refractivity contribution in [3.63, 3.8) is 0 Å². The number of rotatable bonds is 4. The van der Waals surface area contributed by atoms with Gasteiger partial charge in [-0.05, 0) is 30.7 Å². The lowest BCUT2D eigenvalue weighted by Crippen LogP contribution is -2.41. The molecule has 1 N–H and O–H groups in total. The number of ether oxygens (including phenoxy) is 1. The number of halogens is 5. The van der Waals surface area contributed by atoms with E-state index in [2.05, 4.69) is 10.1 Å². The maximum Gasteiger partial charge on any atom is 0.573 e. The molecule has 1 atom stereocenters. The predicted octanol–water partition coefficient (Wildman–Crippen LogP) is 3.83. The zero-order valence-electron chi connectivity index (χ0n) is 14.3. The Hall–Kier alpha value is -3.17. The van der Waals surface area contributed by atoms with Crippen molar-refractivity contribution in [1.82, 2.24) is 10.2 Å². The van der Waals surface area contributed by atoms with Gasteiger partial charge in [-0.3, -0.25) is 9.69 Å². The predicted molar refractivity (Wildman–Crippen MR) is 85.9 cm³/mol. The first-order valence-electron chi connectivity index (χ1n) is 7.94. The van der Waals surface area contributed by atoms with Crippen molar-refractivity contribution in [2.45, 2.75) is 25.4 Å². The first kappa shape index (κ1) is 19.6. The molecule has 28 heavy (non-hydrogen) atoms. The van der Waals surface area contributed by atoms with Gasteiger partial charge in [0, 0.05) is 11.6 Å². The molecule has 148 valence electrons. The fourth-order valence-electron chi connectivity index (χ4n) is 2.90. The zero-order valence-corrected chi connectivity index (χ0v) is 14.3. The van der Waals surface area contributed by atoms with Crippen LogP contribution in [0.25, 0.3) is 0 Å². The minimum atomic E-state index is -4.84. The number of hydrogen-bond acceptors (Lipinski definition) is 3. The molecule has 1 aliphatic rings. The standard InChI is InChI=1S/C18H13F5N2O3/c1-17(13-7-4-11(19)8-14(13)20)15(26)25(16(27)24-17)9-10-2-5-12(6-3-10)28-18(21,22)23/h2-8H,9H2,1H3,(H,24,27). The minimum Gasteiger partial charge on any atom is -0.406 e. The van der Waals surface area contributed by atoms with Gasteiger partial charge in [-0.2, -0.15) is 0 Å². The largest absolute Gasteiger partial charge is 0.573 e. The van der Waals surface area contributed by atoms with Gasteiger partial charge in [-0.25, -0.2) is 13.6 Å². The summed E-state index contributed by atoms with van der Waals surface area (Å²) in [5, 5.41) is 2.37. The fourth-order valence-corrected chi connectivity index (χ4v) is 2.90. The number of alkyl halides is 3. The highest BCUT2D eigenvalue weighted by Crippen LogP contribution is 2.32. The molecule has 0 bridgehead atoms. The molecule has 1 saturated heterocycles. The SMILES string of the molecule is CC1(c2ccc(F)cc2F)NC(=O)N(Cc2ccc(OC(F)(F)F)cc2)C1=O. The maximum atomic E-state index is 14.1. The molecule has 1 fully saturated rings. The van der Waals surface area contributed by atoms with Crippen LogP contribution in [0.5, 0.6) is 5.75 Å². The molecule has 3 amide bonds. The van der Waals surface area contributed by atoms with Crippen LogP contribution in [-0.2, 0) is 16.9 Å². The molecular weight excluding hydrogens is 387 g/mol. The summed E-state index contributed by atoms with van der Waals surface area (Å²) in [7, 11) is 0. The molecule has 0 radical (unpaired) electrons. The van der Waals surface area contributed by atoms with E-state index < -0.39 is 41.2 Å². The van der Waals surface area contributed by atoms with Crippen molar-refractivity contribution < 1.29 is 36.3 Å². The number of urea groups is 1. The maximum absolute atomic E-state index is 14.1. The third-order valence-electron chi connectivity index (χ3n) is 4.24. The quantitative estimate of drug-likeness (QED) is 0.627. The van der Waals surface area contributed by atoms with Crippen molar-refractivity contribution >= 4 is 11.9 Å². The lowest BCUT2D eigenvalue weighted by Gasteiger charge is -2.22. The average Bonchev–Trinajstić information content (AvgIpc) is 2.79. The summed E-state index contributed by atoms with van der Waals surface area (Å²) in [5.74, 6) is -3.06. The summed E-state index contributed by atoms with van der Waals surface area (Å²) in [6, 6.07) is 6.42. The molecule has 1 heterocycles. The Morgan fingerprint density at radius 3 is 2.29 bits per heavy atom. The second-order valence-corrected chi connectivity index (χ2v) is 6.26. The van der Waals surface area contributed by atoms with E-state index in [1.807, 2.05) is 0 Å². The van der Waals surface area contributed by atoms with Gasteiger partial charge in [0.1, 0.15) is 22.9 Å². The second-order valence-electron chi connectivity index (χ2n) is 6.26. The Bertz CT molecular complexity index is 930.